The van der Waals surface area contributed by atoms with E-state index >= 15 is 0 Å². The Morgan fingerprint density at radius 3 is 2.48 bits per heavy atom. The highest BCUT2D eigenvalue weighted by molar-refractivity contribution is 9.10. The van der Waals surface area contributed by atoms with Crippen LogP contribution in [0.25, 0.3) is 0 Å². The Kier molecular flexibility index (Phi) is 5.65. The quantitative estimate of drug-likeness (QED) is 0.844. The largest absolute Gasteiger partial charge is 0.481 e. The van der Waals surface area contributed by atoms with Crippen LogP contribution in [0.2, 0.25) is 5.02 Å². The van der Waals surface area contributed by atoms with Crippen molar-refractivity contribution >= 4 is 39.4 Å². The fraction of sp³-hybridized carbons (Fsp3) is 0.467. The SMILES string of the molecule is O=C(NCC1CCC(C(=O)O)CC1)c1cc(Cl)cc(Br)c1. The predicted molar refractivity (Wildman–Crippen MR) is 84.6 cm³/mol. The highest BCUT2D eigenvalue weighted by Gasteiger charge is 2.26. The third-order valence-corrected chi connectivity index (χ3v) is 4.55. The second-order valence-electron chi connectivity index (χ2n) is 5.42. The van der Waals surface area contributed by atoms with Crippen molar-refractivity contribution < 1.29 is 14.7 Å². The first-order chi connectivity index (χ1) is 9.95. The Bertz CT molecular complexity index is 521. The lowest BCUT2D eigenvalue weighted by Gasteiger charge is -2.26. The zero-order chi connectivity index (χ0) is 15.4. The summed E-state index contributed by atoms with van der Waals surface area (Å²) >= 11 is 9.23. The van der Waals surface area contributed by atoms with Crippen molar-refractivity contribution in [2.45, 2.75) is 25.7 Å². The van der Waals surface area contributed by atoms with E-state index in [0.29, 0.717) is 35.9 Å². The van der Waals surface area contributed by atoms with Gasteiger partial charge in [0.25, 0.3) is 5.91 Å². The smallest absolute Gasteiger partial charge is 0.306 e. The zero-order valence-corrected chi connectivity index (χ0v) is 13.8. The summed E-state index contributed by atoms with van der Waals surface area (Å²) in [5.74, 6) is -0.729. The standard InChI is InChI=1S/C15H17BrClNO3/c16-12-5-11(6-13(17)7-12)14(19)18-8-9-1-3-10(4-2-9)15(20)21/h5-7,9-10H,1-4,8H2,(H,18,19)(H,20,21). The van der Waals surface area contributed by atoms with Gasteiger partial charge in [-0.05, 0) is 49.8 Å². The molecule has 4 nitrogen and oxygen atoms in total. The number of nitrogens with one attached hydrogen (secondary N) is 1. The third-order valence-electron chi connectivity index (χ3n) is 3.87. The molecule has 21 heavy (non-hydrogen) atoms. The first-order valence-electron chi connectivity index (χ1n) is 6.93. The van der Waals surface area contributed by atoms with E-state index in [9.17, 15) is 9.59 Å². The van der Waals surface area contributed by atoms with Crippen LogP contribution in [0.4, 0.5) is 0 Å². The number of carbonyl (C=O) groups is 2. The van der Waals surface area contributed by atoms with Crippen molar-refractivity contribution in [1.82, 2.24) is 5.32 Å². The molecule has 6 heteroatoms. The number of hydrogen-bond acceptors (Lipinski definition) is 2. The molecule has 0 aromatic heterocycles. The predicted octanol–water partition coefficient (Wildman–Crippen LogP) is 3.72. The normalized spacial score (nSPS) is 21.8. The number of carboxylic acid groups (broad SMARTS) is 1. The summed E-state index contributed by atoms with van der Waals surface area (Å²) < 4.78 is 0.766. The van der Waals surface area contributed by atoms with Crippen LogP contribution < -0.4 is 5.32 Å². The van der Waals surface area contributed by atoms with Crippen molar-refractivity contribution in [3.05, 3.63) is 33.3 Å². The minimum atomic E-state index is -0.707. The summed E-state index contributed by atoms with van der Waals surface area (Å²) in [5.41, 5.74) is 0.522. The molecule has 114 valence electrons. The van der Waals surface area contributed by atoms with Crippen LogP contribution in [0.15, 0.2) is 22.7 Å². The lowest BCUT2D eigenvalue weighted by atomic mass is 9.82. The minimum Gasteiger partial charge on any atom is -0.481 e. The number of carboxylic acids is 1. The Morgan fingerprint density at radius 1 is 1.24 bits per heavy atom. The number of carbonyl (C=O) groups excluding carboxylic acids is 1. The van der Waals surface area contributed by atoms with Crippen molar-refractivity contribution in [2.75, 3.05) is 6.54 Å². The molecule has 2 rings (SSSR count). The van der Waals surface area contributed by atoms with Crippen molar-refractivity contribution in [2.24, 2.45) is 11.8 Å². The van der Waals surface area contributed by atoms with Crippen LogP contribution in [0, 0.1) is 11.8 Å². The maximum Gasteiger partial charge on any atom is 0.306 e. The highest BCUT2D eigenvalue weighted by Crippen LogP contribution is 2.28. The molecule has 0 radical (unpaired) electrons. The lowest BCUT2D eigenvalue weighted by Crippen LogP contribution is -2.32. The van der Waals surface area contributed by atoms with E-state index in [1.807, 2.05) is 0 Å². The zero-order valence-electron chi connectivity index (χ0n) is 11.4. The molecule has 0 atom stereocenters. The van der Waals surface area contributed by atoms with Gasteiger partial charge in [0.1, 0.15) is 0 Å². The molecule has 1 aliphatic carbocycles. The second kappa shape index (κ2) is 7.27. The maximum atomic E-state index is 12.1. The van der Waals surface area contributed by atoms with Gasteiger partial charge in [0.2, 0.25) is 0 Å². The highest BCUT2D eigenvalue weighted by atomic mass is 79.9. The van der Waals surface area contributed by atoms with E-state index < -0.39 is 5.97 Å². The molecule has 1 amide bonds. The number of aliphatic carboxylic acids is 1. The average Bonchev–Trinajstić information content (AvgIpc) is 2.44. The molecule has 0 unspecified atom stereocenters. The molecule has 0 heterocycles. The third kappa shape index (κ3) is 4.71. The van der Waals surface area contributed by atoms with Crippen LogP contribution in [0.3, 0.4) is 0 Å². The number of benzene rings is 1. The molecular weight excluding hydrogens is 358 g/mol. The number of hydrogen-bond donors (Lipinski definition) is 2. The van der Waals surface area contributed by atoms with E-state index in [4.69, 9.17) is 16.7 Å². The summed E-state index contributed by atoms with van der Waals surface area (Å²) in [6, 6.07) is 5.08. The number of amides is 1. The Labute approximate surface area is 137 Å². The fourth-order valence-electron chi connectivity index (χ4n) is 2.64. The lowest BCUT2D eigenvalue weighted by molar-refractivity contribution is -0.143. The van der Waals surface area contributed by atoms with Gasteiger partial charge in [0, 0.05) is 21.6 Å². The summed E-state index contributed by atoms with van der Waals surface area (Å²) in [6.07, 6.45) is 3.07. The van der Waals surface area contributed by atoms with Gasteiger partial charge in [0.05, 0.1) is 5.92 Å². The Balaban J connectivity index is 1.83. The summed E-state index contributed by atoms with van der Waals surface area (Å²) in [7, 11) is 0. The Morgan fingerprint density at radius 2 is 1.90 bits per heavy atom. The van der Waals surface area contributed by atoms with Gasteiger partial charge in [0.15, 0.2) is 0 Å². The summed E-state index contributed by atoms with van der Waals surface area (Å²) in [6.45, 7) is 0.579. The number of halogens is 2. The van der Waals surface area contributed by atoms with Crippen molar-refractivity contribution in [1.29, 1.82) is 0 Å². The van der Waals surface area contributed by atoms with Gasteiger partial charge >= 0.3 is 5.97 Å². The van der Waals surface area contributed by atoms with Gasteiger partial charge < -0.3 is 10.4 Å². The number of rotatable bonds is 4. The topological polar surface area (TPSA) is 66.4 Å². The molecule has 1 aliphatic rings. The van der Waals surface area contributed by atoms with Crippen LogP contribution in [0.5, 0.6) is 0 Å². The summed E-state index contributed by atoms with van der Waals surface area (Å²) in [4.78, 5) is 23.0. The molecule has 2 N–H and O–H groups in total. The molecule has 0 saturated heterocycles. The fourth-order valence-corrected chi connectivity index (χ4v) is 3.50. The van der Waals surface area contributed by atoms with Crippen molar-refractivity contribution in [3.8, 4) is 0 Å². The van der Waals surface area contributed by atoms with Gasteiger partial charge in [-0.1, -0.05) is 27.5 Å². The van der Waals surface area contributed by atoms with Gasteiger partial charge in [-0.3, -0.25) is 9.59 Å². The van der Waals surface area contributed by atoms with E-state index in [1.165, 1.54) is 0 Å². The second-order valence-corrected chi connectivity index (χ2v) is 6.78. The van der Waals surface area contributed by atoms with Crippen molar-refractivity contribution in [3.63, 3.8) is 0 Å². The molecule has 0 bridgehead atoms. The van der Waals surface area contributed by atoms with Crippen LogP contribution in [-0.4, -0.2) is 23.5 Å². The monoisotopic (exact) mass is 373 g/mol. The van der Waals surface area contributed by atoms with Crippen LogP contribution in [0.1, 0.15) is 36.0 Å². The van der Waals surface area contributed by atoms with Crippen LogP contribution >= 0.6 is 27.5 Å². The van der Waals surface area contributed by atoms with E-state index in [1.54, 1.807) is 18.2 Å². The van der Waals surface area contributed by atoms with E-state index in [2.05, 4.69) is 21.2 Å². The molecule has 1 fully saturated rings. The van der Waals surface area contributed by atoms with Gasteiger partial charge in [-0.2, -0.15) is 0 Å². The van der Waals surface area contributed by atoms with Gasteiger partial charge in [-0.25, -0.2) is 0 Å². The molecule has 0 aliphatic heterocycles. The maximum absolute atomic E-state index is 12.1. The molecule has 1 aromatic carbocycles. The first-order valence-corrected chi connectivity index (χ1v) is 8.10. The Hall–Kier alpha value is -1.07. The first kappa shape index (κ1) is 16.3. The van der Waals surface area contributed by atoms with Gasteiger partial charge in [-0.15, -0.1) is 0 Å². The van der Waals surface area contributed by atoms with E-state index in [0.717, 1.165) is 17.3 Å². The molecule has 0 spiro atoms. The summed E-state index contributed by atoms with van der Waals surface area (Å²) in [5, 5.41) is 12.4. The molecule has 1 saturated carbocycles. The molecular formula is C15H17BrClNO3. The minimum absolute atomic E-state index is 0.154. The van der Waals surface area contributed by atoms with E-state index in [-0.39, 0.29) is 11.8 Å². The molecule has 1 aromatic rings. The average molecular weight is 375 g/mol. The van der Waals surface area contributed by atoms with Crippen LogP contribution in [-0.2, 0) is 4.79 Å².